The molecule has 0 radical (unpaired) electrons. The van der Waals surface area contributed by atoms with Crippen LogP contribution in [0.1, 0.15) is 78.6 Å². The van der Waals surface area contributed by atoms with E-state index < -0.39 is 6.10 Å². The predicted octanol–water partition coefficient (Wildman–Crippen LogP) is 6.01. The molecule has 0 spiro atoms. The van der Waals surface area contributed by atoms with Crippen LogP contribution in [0.3, 0.4) is 0 Å². The number of aliphatic hydroxyl groups is 1. The van der Waals surface area contributed by atoms with E-state index >= 15 is 0 Å². The van der Waals surface area contributed by atoms with Gasteiger partial charge in [-0.15, -0.1) is 0 Å². The molecule has 9 heteroatoms. The molecule has 3 aromatic heterocycles. The summed E-state index contributed by atoms with van der Waals surface area (Å²) in [6.45, 7) is 9.79. The zero-order valence-electron chi connectivity index (χ0n) is 25.8. The third-order valence-electron chi connectivity index (χ3n) is 8.39. The van der Waals surface area contributed by atoms with Crippen molar-refractivity contribution in [1.29, 1.82) is 0 Å². The first-order valence-electron chi connectivity index (χ1n) is 14.5. The highest BCUT2D eigenvalue weighted by Gasteiger charge is 2.22. The summed E-state index contributed by atoms with van der Waals surface area (Å²) < 4.78 is 9.85. The van der Waals surface area contributed by atoms with Gasteiger partial charge in [0.25, 0.3) is 0 Å². The Kier molecular flexibility index (Phi) is 8.37. The van der Waals surface area contributed by atoms with Crippen molar-refractivity contribution in [3.8, 4) is 0 Å². The molecular weight excluding hydrogens is 544 g/mol. The summed E-state index contributed by atoms with van der Waals surface area (Å²) in [5, 5.41) is 10.7. The van der Waals surface area contributed by atoms with Crippen LogP contribution in [0, 0.1) is 13.8 Å². The fourth-order valence-electron chi connectivity index (χ4n) is 5.91. The lowest BCUT2D eigenvalue weighted by molar-refractivity contribution is -0.141. The Morgan fingerprint density at radius 1 is 0.767 bits per heavy atom. The summed E-state index contributed by atoms with van der Waals surface area (Å²) in [5.41, 5.74) is 13.1. The molecule has 3 N–H and O–H groups in total. The van der Waals surface area contributed by atoms with Gasteiger partial charge in [0.1, 0.15) is 0 Å². The molecule has 0 aromatic carbocycles. The summed E-state index contributed by atoms with van der Waals surface area (Å²) >= 11 is 0. The van der Waals surface area contributed by atoms with Gasteiger partial charge in [-0.25, -0.2) is 9.97 Å². The molecule has 0 fully saturated rings. The number of ether oxygens (including phenoxy) is 2. The van der Waals surface area contributed by atoms with Gasteiger partial charge in [0.2, 0.25) is 0 Å². The van der Waals surface area contributed by atoms with E-state index in [0.29, 0.717) is 18.5 Å². The van der Waals surface area contributed by atoms with Crippen molar-refractivity contribution >= 4 is 56.8 Å². The number of H-pyrrole nitrogens is 2. The quantitative estimate of drug-likeness (QED) is 0.291. The average molecular weight is 583 g/mol. The van der Waals surface area contributed by atoms with Gasteiger partial charge in [-0.05, 0) is 111 Å². The van der Waals surface area contributed by atoms with Crippen LogP contribution in [-0.2, 0) is 31.9 Å². The molecule has 43 heavy (non-hydrogen) atoms. The Morgan fingerprint density at radius 3 is 1.86 bits per heavy atom. The second-order valence-electron chi connectivity index (χ2n) is 11.2. The molecular formula is C34H38N4O5. The summed E-state index contributed by atoms with van der Waals surface area (Å²) in [6, 6.07) is 7.97. The third-order valence-corrected chi connectivity index (χ3v) is 8.39. The van der Waals surface area contributed by atoms with Crippen molar-refractivity contribution in [2.24, 2.45) is 0 Å². The Hall–Kier alpha value is -4.50. The number of carbonyl (C=O) groups is 2. The minimum Gasteiger partial charge on any atom is -0.469 e. The minimum absolute atomic E-state index is 0.233. The molecule has 0 saturated heterocycles. The number of hydrogen-bond acceptors (Lipinski definition) is 7. The van der Waals surface area contributed by atoms with E-state index in [0.717, 1.165) is 78.1 Å². The standard InChI is InChI=1S/C34H38N4O5/c1-17-12-22-13-26-18(2)23(8-10-32(40)42-6)29(36-26)16-30-24(9-11-33(41)43-7)19(3)27(37-30)15-28-20(4)34(21(5)39)31(38-28)14-25(17)35-22/h12-16,21,36-37,39H,8-11H2,1-7H3/t21-/m0/s1. The molecule has 5 heterocycles. The van der Waals surface area contributed by atoms with E-state index in [1.165, 1.54) is 14.2 Å². The number of aromatic nitrogens is 4. The van der Waals surface area contributed by atoms with E-state index in [1.54, 1.807) is 6.92 Å². The first-order valence-corrected chi connectivity index (χ1v) is 14.5. The lowest BCUT2D eigenvalue weighted by Gasteiger charge is -2.07. The van der Waals surface area contributed by atoms with Crippen LogP contribution in [0.2, 0.25) is 0 Å². The number of carbonyl (C=O) groups excluding carboxylic acids is 2. The first-order chi connectivity index (χ1) is 20.5. The number of rotatable bonds is 7. The minimum atomic E-state index is -0.711. The normalized spacial score (nSPS) is 13.6. The summed E-state index contributed by atoms with van der Waals surface area (Å²) in [7, 11) is 2.79. The smallest absolute Gasteiger partial charge is 0.305 e. The van der Waals surface area contributed by atoms with E-state index in [-0.39, 0.29) is 24.8 Å². The van der Waals surface area contributed by atoms with Gasteiger partial charge in [-0.2, -0.15) is 0 Å². The van der Waals surface area contributed by atoms with E-state index in [2.05, 4.69) is 9.97 Å². The van der Waals surface area contributed by atoms with Gasteiger partial charge in [0.15, 0.2) is 0 Å². The maximum Gasteiger partial charge on any atom is 0.305 e. The highest BCUT2D eigenvalue weighted by molar-refractivity contribution is 5.94. The van der Waals surface area contributed by atoms with Gasteiger partial charge < -0.3 is 24.5 Å². The summed E-state index contributed by atoms with van der Waals surface area (Å²) in [5.74, 6) is -0.558. The van der Waals surface area contributed by atoms with Crippen LogP contribution in [0.4, 0.5) is 0 Å². The molecule has 0 unspecified atom stereocenters. The van der Waals surface area contributed by atoms with Crippen molar-refractivity contribution in [3.05, 3.63) is 69.3 Å². The number of allylic oxidation sites excluding steroid dienone is 2. The number of aryl methyl sites for hydroxylation is 4. The van der Waals surface area contributed by atoms with Crippen LogP contribution in [0.15, 0.2) is 24.3 Å². The highest BCUT2D eigenvalue weighted by Crippen LogP contribution is 2.35. The molecule has 224 valence electrons. The van der Waals surface area contributed by atoms with E-state index in [4.69, 9.17) is 19.4 Å². The summed E-state index contributed by atoms with van der Waals surface area (Å²) in [6.07, 6.45) is 2.77. The van der Waals surface area contributed by atoms with Crippen LogP contribution in [0.25, 0.3) is 44.9 Å². The molecule has 2 aliphatic rings. The average Bonchev–Trinajstić information content (AvgIpc) is 3.65. The predicted molar refractivity (Wildman–Crippen MR) is 169 cm³/mol. The number of hydrogen-bond donors (Lipinski definition) is 3. The maximum absolute atomic E-state index is 12.1. The second kappa shape index (κ2) is 12.0. The fourth-order valence-corrected chi connectivity index (χ4v) is 5.91. The molecule has 5 rings (SSSR count). The number of fused-ring (bicyclic) bond motifs is 8. The molecule has 0 amide bonds. The van der Waals surface area contributed by atoms with Crippen LogP contribution in [0.5, 0.6) is 0 Å². The Labute approximate surface area is 250 Å². The molecule has 0 saturated carbocycles. The Bertz CT molecular complexity index is 1860. The number of aromatic amines is 2. The monoisotopic (exact) mass is 582 g/mol. The number of methoxy groups -OCH3 is 2. The van der Waals surface area contributed by atoms with Crippen LogP contribution >= 0.6 is 0 Å². The molecule has 3 aromatic rings. The number of esters is 2. The fraction of sp³-hybridized carbons (Fsp3) is 0.353. The molecule has 2 aliphatic heterocycles. The zero-order valence-corrected chi connectivity index (χ0v) is 25.8. The zero-order chi connectivity index (χ0) is 31.0. The van der Waals surface area contributed by atoms with Gasteiger partial charge in [0, 0.05) is 40.5 Å². The number of nitrogens with one attached hydrogen (secondary N) is 2. The van der Waals surface area contributed by atoms with Gasteiger partial charge in [-0.1, -0.05) is 0 Å². The van der Waals surface area contributed by atoms with Crippen LogP contribution in [-0.4, -0.2) is 57.3 Å². The molecule has 1 atom stereocenters. The summed E-state index contributed by atoms with van der Waals surface area (Å²) in [4.78, 5) is 41.2. The second-order valence-corrected chi connectivity index (χ2v) is 11.2. The lowest BCUT2D eigenvalue weighted by Crippen LogP contribution is -2.03. The van der Waals surface area contributed by atoms with Crippen molar-refractivity contribution < 1.29 is 24.2 Å². The van der Waals surface area contributed by atoms with Crippen molar-refractivity contribution in [1.82, 2.24) is 19.9 Å². The van der Waals surface area contributed by atoms with Gasteiger partial charge >= 0.3 is 11.9 Å². The number of nitrogens with zero attached hydrogens (tertiary/aromatic N) is 2. The van der Waals surface area contributed by atoms with E-state index in [9.17, 15) is 14.7 Å². The lowest BCUT2D eigenvalue weighted by atomic mass is 10.0. The van der Waals surface area contributed by atoms with Crippen molar-refractivity contribution in [3.63, 3.8) is 0 Å². The van der Waals surface area contributed by atoms with Gasteiger partial charge in [-0.3, -0.25) is 9.59 Å². The third kappa shape index (κ3) is 5.90. The highest BCUT2D eigenvalue weighted by atomic mass is 16.5. The SMILES string of the molecule is COC(=O)CCc1c(C)c2cc3nc(cc4nc(cc5[nH]c(cc1[nH]2)c(CCC(=O)OC)c5C)C(C)=C4[C@H](C)O)C(C)=C3. The first kappa shape index (κ1) is 30.0. The van der Waals surface area contributed by atoms with Crippen molar-refractivity contribution in [2.75, 3.05) is 14.2 Å². The number of aliphatic hydroxyl groups excluding tert-OH is 1. The Morgan fingerprint density at radius 2 is 1.33 bits per heavy atom. The van der Waals surface area contributed by atoms with Crippen LogP contribution < -0.4 is 0 Å². The Balaban J connectivity index is 1.88. The van der Waals surface area contributed by atoms with Crippen molar-refractivity contribution in [2.45, 2.75) is 66.4 Å². The topological polar surface area (TPSA) is 130 Å². The molecule has 9 nitrogen and oxygen atoms in total. The van der Waals surface area contributed by atoms with Gasteiger partial charge in [0.05, 0.1) is 43.1 Å². The molecule has 8 bridgehead atoms. The maximum atomic E-state index is 12.1. The van der Waals surface area contributed by atoms with E-state index in [1.807, 2.05) is 58.0 Å². The largest absolute Gasteiger partial charge is 0.469 e. The molecule has 0 aliphatic carbocycles.